The first kappa shape index (κ1) is 11.4. The summed E-state index contributed by atoms with van der Waals surface area (Å²) in [5.74, 6) is 0.606. The molecule has 1 aromatic rings. The number of hydrogen-bond acceptors (Lipinski definition) is 3. The van der Waals surface area contributed by atoms with Gasteiger partial charge in [-0.25, -0.2) is 0 Å². The number of aryl methyl sites for hydroxylation is 1. The highest BCUT2D eigenvalue weighted by Gasteiger charge is 2.19. The quantitative estimate of drug-likeness (QED) is 0.678. The highest BCUT2D eigenvalue weighted by molar-refractivity contribution is 5.50. The van der Waals surface area contributed by atoms with Crippen molar-refractivity contribution in [2.45, 2.75) is 31.6 Å². The van der Waals surface area contributed by atoms with Crippen molar-refractivity contribution in [3.8, 4) is 0 Å². The Labute approximate surface area is 96.7 Å². The molecule has 0 fully saturated rings. The number of rotatable bonds is 4. The molecule has 4 N–H and O–H groups in total. The van der Waals surface area contributed by atoms with Crippen LogP contribution in [0, 0.1) is 0 Å². The maximum Gasteiger partial charge on any atom is 0.113 e. The SMILES string of the molecule is NCCC1CCCc2ccc(NCO)cc21. The number of benzene rings is 1. The van der Waals surface area contributed by atoms with Gasteiger partial charge in [-0.2, -0.15) is 0 Å². The van der Waals surface area contributed by atoms with Crippen LogP contribution < -0.4 is 11.1 Å². The molecule has 0 saturated heterocycles. The minimum atomic E-state index is -0.0135. The van der Waals surface area contributed by atoms with Gasteiger partial charge in [0.05, 0.1) is 0 Å². The molecule has 1 aliphatic carbocycles. The van der Waals surface area contributed by atoms with Crippen LogP contribution in [0.25, 0.3) is 0 Å². The lowest BCUT2D eigenvalue weighted by atomic mass is 9.81. The first-order chi connectivity index (χ1) is 7.85. The van der Waals surface area contributed by atoms with Crippen LogP contribution in [0.2, 0.25) is 0 Å². The summed E-state index contributed by atoms with van der Waals surface area (Å²) in [6.07, 6.45) is 4.75. The van der Waals surface area contributed by atoms with Gasteiger partial charge >= 0.3 is 0 Å². The number of nitrogens with two attached hydrogens (primary N) is 1. The van der Waals surface area contributed by atoms with Gasteiger partial charge in [-0.3, -0.25) is 0 Å². The predicted octanol–water partition coefficient (Wildman–Crippen LogP) is 1.82. The average Bonchev–Trinajstić information content (AvgIpc) is 2.31. The monoisotopic (exact) mass is 220 g/mol. The molecule has 0 saturated carbocycles. The summed E-state index contributed by atoms with van der Waals surface area (Å²) in [5, 5.41) is 11.8. The lowest BCUT2D eigenvalue weighted by Gasteiger charge is -2.25. The van der Waals surface area contributed by atoms with Gasteiger partial charge in [0.2, 0.25) is 0 Å². The summed E-state index contributed by atoms with van der Waals surface area (Å²) in [5.41, 5.74) is 9.54. The third-order valence-corrected chi connectivity index (χ3v) is 3.38. The van der Waals surface area contributed by atoms with E-state index in [4.69, 9.17) is 10.8 Å². The van der Waals surface area contributed by atoms with E-state index in [1.54, 1.807) is 0 Å². The topological polar surface area (TPSA) is 58.3 Å². The molecule has 0 spiro atoms. The van der Waals surface area contributed by atoms with Crippen molar-refractivity contribution in [2.24, 2.45) is 5.73 Å². The summed E-state index contributed by atoms with van der Waals surface area (Å²) in [7, 11) is 0. The van der Waals surface area contributed by atoms with E-state index in [0.717, 1.165) is 18.7 Å². The molecule has 1 atom stereocenters. The van der Waals surface area contributed by atoms with Crippen LogP contribution >= 0.6 is 0 Å². The molecular formula is C13H20N2O. The summed E-state index contributed by atoms with van der Waals surface area (Å²) < 4.78 is 0. The molecule has 0 radical (unpaired) electrons. The molecule has 1 aromatic carbocycles. The van der Waals surface area contributed by atoms with Crippen LogP contribution in [0.1, 0.15) is 36.3 Å². The molecule has 88 valence electrons. The lowest BCUT2D eigenvalue weighted by Crippen LogP contribution is -2.14. The largest absolute Gasteiger partial charge is 0.377 e. The van der Waals surface area contributed by atoms with Crippen molar-refractivity contribution in [3.05, 3.63) is 29.3 Å². The Kier molecular flexibility index (Phi) is 3.80. The number of nitrogens with one attached hydrogen (secondary N) is 1. The fraction of sp³-hybridized carbons (Fsp3) is 0.538. The maximum absolute atomic E-state index is 8.86. The molecule has 0 amide bonds. The molecular weight excluding hydrogens is 200 g/mol. The van der Waals surface area contributed by atoms with Gasteiger partial charge in [0, 0.05) is 5.69 Å². The van der Waals surface area contributed by atoms with E-state index in [2.05, 4.69) is 17.4 Å². The van der Waals surface area contributed by atoms with E-state index in [0.29, 0.717) is 5.92 Å². The second kappa shape index (κ2) is 5.32. The van der Waals surface area contributed by atoms with Crippen LogP contribution in [0.4, 0.5) is 5.69 Å². The minimum Gasteiger partial charge on any atom is -0.377 e. The van der Waals surface area contributed by atoms with E-state index < -0.39 is 0 Å². The van der Waals surface area contributed by atoms with Crippen molar-refractivity contribution in [1.29, 1.82) is 0 Å². The summed E-state index contributed by atoms with van der Waals surface area (Å²) in [6.45, 7) is 0.738. The smallest absolute Gasteiger partial charge is 0.113 e. The van der Waals surface area contributed by atoms with Gasteiger partial charge in [-0.15, -0.1) is 0 Å². The molecule has 0 bridgehead atoms. The molecule has 0 aromatic heterocycles. The summed E-state index contributed by atoms with van der Waals surface area (Å²) in [6, 6.07) is 6.39. The van der Waals surface area contributed by atoms with E-state index in [1.165, 1.54) is 30.4 Å². The molecule has 1 unspecified atom stereocenters. The van der Waals surface area contributed by atoms with Crippen molar-refractivity contribution >= 4 is 5.69 Å². The normalized spacial score (nSPS) is 19.2. The Morgan fingerprint density at radius 1 is 1.44 bits per heavy atom. The number of aliphatic hydroxyl groups excluding tert-OH is 1. The molecule has 0 aliphatic heterocycles. The molecule has 2 rings (SSSR count). The molecule has 1 aliphatic rings. The highest BCUT2D eigenvalue weighted by atomic mass is 16.3. The molecule has 3 nitrogen and oxygen atoms in total. The second-order valence-corrected chi connectivity index (χ2v) is 4.41. The Bertz CT molecular complexity index is 352. The summed E-state index contributed by atoms with van der Waals surface area (Å²) >= 11 is 0. The third kappa shape index (κ3) is 2.36. The summed E-state index contributed by atoms with van der Waals surface area (Å²) in [4.78, 5) is 0. The van der Waals surface area contributed by atoms with Crippen molar-refractivity contribution in [1.82, 2.24) is 0 Å². The fourth-order valence-electron chi connectivity index (χ4n) is 2.60. The van der Waals surface area contributed by atoms with Crippen LogP contribution in [-0.2, 0) is 6.42 Å². The maximum atomic E-state index is 8.86. The van der Waals surface area contributed by atoms with Gasteiger partial charge in [0.25, 0.3) is 0 Å². The lowest BCUT2D eigenvalue weighted by molar-refractivity contribution is 0.325. The van der Waals surface area contributed by atoms with Crippen LogP contribution in [0.5, 0.6) is 0 Å². The van der Waals surface area contributed by atoms with Crippen molar-refractivity contribution < 1.29 is 5.11 Å². The van der Waals surface area contributed by atoms with Gasteiger partial charge < -0.3 is 16.2 Å². The second-order valence-electron chi connectivity index (χ2n) is 4.41. The number of aliphatic hydroxyl groups is 1. The van der Waals surface area contributed by atoms with E-state index >= 15 is 0 Å². The van der Waals surface area contributed by atoms with Crippen molar-refractivity contribution in [3.63, 3.8) is 0 Å². The Hall–Kier alpha value is -1.06. The third-order valence-electron chi connectivity index (χ3n) is 3.38. The highest BCUT2D eigenvalue weighted by Crippen LogP contribution is 2.35. The first-order valence-corrected chi connectivity index (χ1v) is 6.02. The zero-order valence-corrected chi connectivity index (χ0v) is 9.58. The predicted molar refractivity (Wildman–Crippen MR) is 66.5 cm³/mol. The Morgan fingerprint density at radius 3 is 3.06 bits per heavy atom. The van der Waals surface area contributed by atoms with Crippen molar-refractivity contribution in [2.75, 3.05) is 18.6 Å². The van der Waals surface area contributed by atoms with Gasteiger partial charge in [0.15, 0.2) is 0 Å². The molecule has 16 heavy (non-hydrogen) atoms. The zero-order chi connectivity index (χ0) is 11.4. The number of fused-ring (bicyclic) bond motifs is 1. The number of hydrogen-bond donors (Lipinski definition) is 3. The van der Waals surface area contributed by atoms with Crippen LogP contribution in [0.3, 0.4) is 0 Å². The first-order valence-electron chi connectivity index (χ1n) is 6.02. The van der Waals surface area contributed by atoms with E-state index in [1.807, 2.05) is 6.07 Å². The molecule has 0 heterocycles. The Morgan fingerprint density at radius 2 is 2.31 bits per heavy atom. The standard InChI is InChI=1S/C13H20N2O/c14-7-6-11-3-1-2-10-4-5-12(15-9-16)8-13(10)11/h4-5,8,11,15-16H,1-3,6-7,9,14H2. The van der Waals surface area contributed by atoms with E-state index in [-0.39, 0.29) is 6.73 Å². The zero-order valence-electron chi connectivity index (χ0n) is 9.58. The van der Waals surface area contributed by atoms with Gasteiger partial charge in [0.1, 0.15) is 6.73 Å². The Balaban J connectivity index is 2.25. The minimum absolute atomic E-state index is 0.0135. The van der Waals surface area contributed by atoms with Crippen LogP contribution in [0.15, 0.2) is 18.2 Å². The van der Waals surface area contributed by atoms with E-state index in [9.17, 15) is 0 Å². The van der Waals surface area contributed by atoms with Crippen LogP contribution in [-0.4, -0.2) is 18.4 Å². The average molecular weight is 220 g/mol. The molecule has 3 heteroatoms. The van der Waals surface area contributed by atoms with Gasteiger partial charge in [-0.1, -0.05) is 6.07 Å². The number of anilines is 1. The fourth-order valence-corrected chi connectivity index (χ4v) is 2.60. The van der Waals surface area contributed by atoms with Gasteiger partial charge in [-0.05, 0) is 61.4 Å².